The number of hydrogen-bond acceptors (Lipinski definition) is 9. The fourth-order valence-electron chi connectivity index (χ4n) is 3.15. The molecule has 10 heteroatoms. The lowest BCUT2D eigenvalue weighted by Crippen LogP contribution is -2.43. The number of nitrogens with zero attached hydrogens (tertiary/aromatic N) is 3. The maximum Gasteiger partial charge on any atom is 0.384 e. The van der Waals surface area contributed by atoms with Crippen molar-refractivity contribution in [2.45, 2.75) is 37.4 Å². The maximum absolute atomic E-state index is 11.3. The van der Waals surface area contributed by atoms with Crippen LogP contribution in [0.2, 0.25) is 0 Å². The summed E-state index contributed by atoms with van der Waals surface area (Å²) in [5.41, 5.74) is 4.93. The average Bonchev–Trinajstić information content (AvgIpc) is 3.11. The first-order valence-electron chi connectivity index (χ1n) is 8.19. The van der Waals surface area contributed by atoms with E-state index >= 15 is 0 Å². The number of nitrogen functional groups attached to an aromatic ring is 1. The molecule has 3 rings (SSSR count). The molecule has 1 saturated heterocycles. The van der Waals surface area contributed by atoms with E-state index in [1.54, 1.807) is 0 Å². The second kappa shape index (κ2) is 7.13. The highest BCUT2D eigenvalue weighted by molar-refractivity contribution is 5.95. The Hall–Kier alpha value is -2.71. The Bertz CT molecular complexity index is 929. The molecule has 2 aromatic rings. The lowest BCUT2D eigenvalue weighted by molar-refractivity contribution is -0.133. The molecule has 2 aromatic heterocycles. The molecule has 27 heavy (non-hydrogen) atoms. The third-order valence-electron chi connectivity index (χ3n) is 4.54. The molecule has 3 heterocycles. The molecule has 0 saturated carbocycles. The van der Waals surface area contributed by atoms with E-state index < -0.39 is 30.0 Å². The Morgan fingerprint density at radius 1 is 1.52 bits per heavy atom. The predicted molar refractivity (Wildman–Crippen MR) is 93.1 cm³/mol. The van der Waals surface area contributed by atoms with E-state index in [9.17, 15) is 15.0 Å². The SMILES string of the molecule is COC(=O)C#Cc1cn(C2OC(CCO)C(O)[C@@]2(C)O)c2ncnc(N)c12. The smallest absolute Gasteiger partial charge is 0.384 e. The van der Waals surface area contributed by atoms with Crippen molar-refractivity contribution in [1.29, 1.82) is 0 Å². The summed E-state index contributed by atoms with van der Waals surface area (Å²) in [6, 6.07) is 0. The highest BCUT2D eigenvalue weighted by Gasteiger charge is 2.53. The molecule has 0 aliphatic carbocycles. The summed E-state index contributed by atoms with van der Waals surface area (Å²) >= 11 is 0. The van der Waals surface area contributed by atoms with Crippen LogP contribution >= 0.6 is 0 Å². The molecule has 5 N–H and O–H groups in total. The van der Waals surface area contributed by atoms with Gasteiger partial charge in [-0.25, -0.2) is 14.8 Å². The van der Waals surface area contributed by atoms with Crippen LogP contribution in [0.15, 0.2) is 12.5 Å². The Balaban J connectivity index is 2.14. The summed E-state index contributed by atoms with van der Waals surface area (Å²) in [7, 11) is 1.21. The number of ether oxygens (including phenoxy) is 2. The second-order valence-corrected chi connectivity index (χ2v) is 6.36. The van der Waals surface area contributed by atoms with Crippen molar-refractivity contribution in [2.24, 2.45) is 0 Å². The van der Waals surface area contributed by atoms with Crippen molar-refractivity contribution in [3.05, 3.63) is 18.1 Å². The minimum Gasteiger partial charge on any atom is -0.459 e. The number of carbonyl (C=O) groups excluding carboxylic acids is 1. The fraction of sp³-hybridized carbons (Fsp3) is 0.471. The van der Waals surface area contributed by atoms with Crippen molar-refractivity contribution in [3.8, 4) is 11.8 Å². The van der Waals surface area contributed by atoms with Crippen molar-refractivity contribution in [2.75, 3.05) is 19.5 Å². The number of rotatable bonds is 3. The van der Waals surface area contributed by atoms with Crippen molar-refractivity contribution in [3.63, 3.8) is 0 Å². The number of nitrogens with two attached hydrogens (primary N) is 1. The van der Waals surface area contributed by atoms with E-state index in [2.05, 4.69) is 26.5 Å². The minimum atomic E-state index is -1.67. The first-order valence-corrected chi connectivity index (χ1v) is 8.19. The predicted octanol–water partition coefficient (Wildman–Crippen LogP) is -1.07. The largest absolute Gasteiger partial charge is 0.459 e. The molecule has 10 nitrogen and oxygen atoms in total. The van der Waals surface area contributed by atoms with Gasteiger partial charge in [-0.1, -0.05) is 5.92 Å². The summed E-state index contributed by atoms with van der Waals surface area (Å²) in [4.78, 5) is 19.5. The molecular formula is C17H20N4O6. The molecule has 0 radical (unpaired) electrons. The monoisotopic (exact) mass is 376 g/mol. The molecule has 1 fully saturated rings. The maximum atomic E-state index is 11.3. The molecular weight excluding hydrogens is 356 g/mol. The molecule has 0 bridgehead atoms. The number of carbonyl (C=O) groups is 1. The van der Waals surface area contributed by atoms with Gasteiger partial charge in [0.25, 0.3) is 0 Å². The summed E-state index contributed by atoms with van der Waals surface area (Å²) in [6.07, 6.45) is -0.101. The van der Waals surface area contributed by atoms with Crippen LogP contribution in [0.1, 0.15) is 25.1 Å². The quantitative estimate of drug-likeness (QED) is 0.387. The van der Waals surface area contributed by atoms with Gasteiger partial charge in [-0.2, -0.15) is 0 Å². The first-order chi connectivity index (χ1) is 12.8. The number of aliphatic hydroxyl groups excluding tert-OH is 2. The van der Waals surface area contributed by atoms with Crippen LogP contribution in [0, 0.1) is 11.8 Å². The molecule has 4 atom stereocenters. The van der Waals surface area contributed by atoms with Crippen molar-refractivity contribution in [1.82, 2.24) is 14.5 Å². The van der Waals surface area contributed by atoms with Gasteiger partial charge in [0, 0.05) is 18.7 Å². The van der Waals surface area contributed by atoms with E-state index in [-0.39, 0.29) is 18.8 Å². The number of anilines is 1. The third-order valence-corrected chi connectivity index (χ3v) is 4.54. The van der Waals surface area contributed by atoms with Crippen LogP contribution in [0.3, 0.4) is 0 Å². The number of aromatic nitrogens is 3. The zero-order valence-corrected chi connectivity index (χ0v) is 14.8. The second-order valence-electron chi connectivity index (χ2n) is 6.36. The third kappa shape index (κ3) is 3.22. The first kappa shape index (κ1) is 19.1. The van der Waals surface area contributed by atoms with Crippen LogP contribution in [-0.2, 0) is 14.3 Å². The standard InChI is InChI=1S/C17H20N4O6/c1-17(25)13(24)10(5-6-22)27-16(17)21-7-9(3-4-11(23)26-2)12-14(18)19-8-20-15(12)21/h7-8,10,13,16,22,24-25H,5-6H2,1-2H3,(H2,18,19,20)/t10?,13?,16?,17-/m1/s1. The molecule has 144 valence electrons. The zero-order chi connectivity index (χ0) is 19.8. The number of methoxy groups -OCH3 is 1. The number of aliphatic hydroxyl groups is 3. The lowest BCUT2D eigenvalue weighted by Gasteiger charge is -2.27. The topological polar surface area (TPSA) is 153 Å². The fourth-order valence-corrected chi connectivity index (χ4v) is 3.15. The van der Waals surface area contributed by atoms with E-state index in [0.29, 0.717) is 16.6 Å². The van der Waals surface area contributed by atoms with Crippen LogP contribution in [0.5, 0.6) is 0 Å². The summed E-state index contributed by atoms with van der Waals surface area (Å²) in [5, 5.41) is 30.7. The van der Waals surface area contributed by atoms with Gasteiger partial charge in [-0.3, -0.25) is 0 Å². The van der Waals surface area contributed by atoms with Gasteiger partial charge in [-0.05, 0) is 13.3 Å². The molecule has 0 aromatic carbocycles. The van der Waals surface area contributed by atoms with Gasteiger partial charge < -0.3 is 35.1 Å². The van der Waals surface area contributed by atoms with E-state index in [1.807, 2.05) is 0 Å². The van der Waals surface area contributed by atoms with E-state index in [4.69, 9.17) is 15.6 Å². The van der Waals surface area contributed by atoms with Crippen LogP contribution in [0.4, 0.5) is 5.82 Å². The molecule has 0 spiro atoms. The van der Waals surface area contributed by atoms with Crippen LogP contribution < -0.4 is 5.73 Å². The Morgan fingerprint density at radius 2 is 2.26 bits per heavy atom. The molecule has 1 aliphatic rings. The lowest BCUT2D eigenvalue weighted by atomic mass is 9.95. The molecule has 3 unspecified atom stereocenters. The molecule has 1 aliphatic heterocycles. The molecule has 0 amide bonds. The van der Waals surface area contributed by atoms with Crippen molar-refractivity contribution >= 4 is 22.8 Å². The van der Waals surface area contributed by atoms with Gasteiger partial charge in [-0.15, -0.1) is 0 Å². The summed E-state index contributed by atoms with van der Waals surface area (Å²) in [6.45, 7) is 1.22. The number of esters is 1. The Labute approximate surface area is 154 Å². The van der Waals surface area contributed by atoms with Crippen molar-refractivity contribution < 1.29 is 29.6 Å². The summed E-state index contributed by atoms with van der Waals surface area (Å²) < 4.78 is 11.8. The van der Waals surface area contributed by atoms with Gasteiger partial charge in [0.2, 0.25) is 0 Å². The Kier molecular flexibility index (Phi) is 5.03. The van der Waals surface area contributed by atoms with Gasteiger partial charge in [0.05, 0.1) is 24.2 Å². The van der Waals surface area contributed by atoms with Gasteiger partial charge >= 0.3 is 5.97 Å². The summed E-state index contributed by atoms with van der Waals surface area (Å²) in [5.74, 6) is 4.37. The van der Waals surface area contributed by atoms with Crippen LogP contribution in [0.25, 0.3) is 11.0 Å². The highest BCUT2D eigenvalue weighted by Crippen LogP contribution is 2.41. The highest BCUT2D eigenvalue weighted by atomic mass is 16.6. The van der Waals surface area contributed by atoms with Gasteiger partial charge in [0.15, 0.2) is 6.23 Å². The normalized spacial score (nSPS) is 27.4. The number of hydrogen-bond donors (Lipinski definition) is 4. The average molecular weight is 376 g/mol. The van der Waals surface area contributed by atoms with E-state index in [1.165, 1.54) is 31.1 Å². The van der Waals surface area contributed by atoms with E-state index in [0.717, 1.165) is 0 Å². The minimum absolute atomic E-state index is 0.137. The van der Waals surface area contributed by atoms with Crippen LogP contribution in [-0.4, -0.2) is 67.3 Å². The zero-order valence-electron chi connectivity index (χ0n) is 14.8. The van der Waals surface area contributed by atoms with Gasteiger partial charge in [0.1, 0.15) is 29.5 Å². The number of fused-ring (bicyclic) bond motifs is 1. The Morgan fingerprint density at radius 3 is 2.93 bits per heavy atom.